The Morgan fingerprint density at radius 1 is 0.931 bits per heavy atom. The van der Waals surface area contributed by atoms with Gasteiger partial charge in [0.2, 0.25) is 0 Å². The van der Waals surface area contributed by atoms with E-state index in [9.17, 15) is 9.59 Å². The van der Waals surface area contributed by atoms with Gasteiger partial charge in [0.25, 0.3) is 11.8 Å². The molecular weight excluding hydrogens is 364 g/mol. The van der Waals surface area contributed by atoms with Gasteiger partial charge < -0.3 is 15.0 Å². The zero-order valence-corrected chi connectivity index (χ0v) is 16.8. The zero-order valence-electron chi connectivity index (χ0n) is 16.8. The molecule has 0 aromatic heterocycles. The lowest BCUT2D eigenvalue weighted by Crippen LogP contribution is -2.24. The van der Waals surface area contributed by atoms with E-state index in [1.807, 2.05) is 31.2 Å². The fraction of sp³-hybridized carbons (Fsp3) is 0.167. The summed E-state index contributed by atoms with van der Waals surface area (Å²) in [4.78, 5) is 26.6. The van der Waals surface area contributed by atoms with Gasteiger partial charge in [-0.1, -0.05) is 48.0 Å². The van der Waals surface area contributed by atoms with Crippen LogP contribution in [0.25, 0.3) is 0 Å². The lowest BCUT2D eigenvalue weighted by Gasteiger charge is -2.15. The Labute approximate surface area is 170 Å². The van der Waals surface area contributed by atoms with Crippen LogP contribution in [0, 0.1) is 6.92 Å². The van der Waals surface area contributed by atoms with Gasteiger partial charge in [-0.2, -0.15) is 0 Å². The first-order chi connectivity index (χ1) is 13.9. The molecular formula is C24H24N2O3. The van der Waals surface area contributed by atoms with E-state index >= 15 is 0 Å². The molecule has 29 heavy (non-hydrogen) atoms. The number of amides is 2. The molecule has 0 radical (unpaired) electrons. The summed E-state index contributed by atoms with van der Waals surface area (Å²) in [5.74, 6) is 0.137. The van der Waals surface area contributed by atoms with Crippen molar-refractivity contribution in [2.24, 2.45) is 0 Å². The largest absolute Gasteiger partial charge is 0.489 e. The van der Waals surface area contributed by atoms with E-state index in [0.29, 0.717) is 29.2 Å². The fourth-order valence-electron chi connectivity index (χ4n) is 2.91. The maximum atomic E-state index is 12.7. The van der Waals surface area contributed by atoms with Crippen molar-refractivity contribution in [2.45, 2.75) is 13.5 Å². The molecule has 0 aliphatic carbocycles. The van der Waals surface area contributed by atoms with Crippen molar-refractivity contribution in [3.05, 3.63) is 95.1 Å². The molecule has 3 rings (SSSR count). The lowest BCUT2D eigenvalue weighted by molar-refractivity contribution is 0.0828. The van der Waals surface area contributed by atoms with E-state index in [0.717, 1.165) is 5.56 Å². The predicted molar refractivity (Wildman–Crippen MR) is 114 cm³/mol. The molecule has 0 saturated heterocycles. The Morgan fingerprint density at radius 3 is 2.45 bits per heavy atom. The van der Waals surface area contributed by atoms with Gasteiger partial charge in [-0.05, 0) is 42.8 Å². The summed E-state index contributed by atoms with van der Waals surface area (Å²) in [6.45, 7) is 2.46. The first kappa shape index (κ1) is 20.1. The quantitative estimate of drug-likeness (QED) is 0.675. The van der Waals surface area contributed by atoms with Crippen molar-refractivity contribution in [2.75, 3.05) is 19.4 Å². The smallest absolute Gasteiger partial charge is 0.255 e. The molecule has 3 aromatic rings. The summed E-state index contributed by atoms with van der Waals surface area (Å²) in [6, 6.07) is 22.1. The molecule has 0 spiro atoms. The number of hydrogen-bond acceptors (Lipinski definition) is 3. The van der Waals surface area contributed by atoms with Gasteiger partial charge in [-0.25, -0.2) is 0 Å². The fourth-order valence-corrected chi connectivity index (χ4v) is 2.91. The number of hydrogen-bond donors (Lipinski definition) is 1. The first-order valence-corrected chi connectivity index (χ1v) is 9.34. The molecule has 0 aliphatic rings. The van der Waals surface area contributed by atoms with Crippen molar-refractivity contribution in [3.63, 3.8) is 0 Å². The number of rotatable bonds is 6. The van der Waals surface area contributed by atoms with Crippen LogP contribution in [-0.4, -0.2) is 30.8 Å². The van der Waals surface area contributed by atoms with Crippen LogP contribution in [0.4, 0.5) is 5.69 Å². The van der Waals surface area contributed by atoms with Crippen molar-refractivity contribution < 1.29 is 14.3 Å². The number of nitrogens with zero attached hydrogens (tertiary/aromatic N) is 1. The molecule has 0 atom stereocenters. The second-order valence-corrected chi connectivity index (χ2v) is 7.00. The summed E-state index contributed by atoms with van der Waals surface area (Å²) in [6.07, 6.45) is 0. The van der Waals surface area contributed by atoms with Crippen LogP contribution in [0.2, 0.25) is 0 Å². The molecule has 0 bridgehead atoms. The summed E-state index contributed by atoms with van der Waals surface area (Å²) < 4.78 is 5.84. The van der Waals surface area contributed by atoms with Crippen LogP contribution < -0.4 is 10.1 Å². The van der Waals surface area contributed by atoms with Gasteiger partial charge in [0, 0.05) is 19.7 Å². The lowest BCUT2D eigenvalue weighted by atomic mass is 10.1. The van der Waals surface area contributed by atoms with Gasteiger partial charge in [0.05, 0.1) is 11.3 Å². The van der Waals surface area contributed by atoms with Crippen LogP contribution >= 0.6 is 0 Å². The van der Waals surface area contributed by atoms with Crippen LogP contribution in [0.15, 0.2) is 72.8 Å². The molecule has 0 unspecified atom stereocenters. The van der Waals surface area contributed by atoms with E-state index in [1.165, 1.54) is 10.5 Å². The van der Waals surface area contributed by atoms with E-state index in [2.05, 4.69) is 11.4 Å². The molecule has 0 aliphatic heterocycles. The Hall–Kier alpha value is -3.60. The van der Waals surface area contributed by atoms with Gasteiger partial charge in [-0.15, -0.1) is 0 Å². The number of nitrogens with one attached hydrogen (secondary N) is 1. The Morgan fingerprint density at radius 2 is 1.69 bits per heavy atom. The van der Waals surface area contributed by atoms with Gasteiger partial charge in [0.1, 0.15) is 12.4 Å². The van der Waals surface area contributed by atoms with Crippen molar-refractivity contribution in [1.29, 1.82) is 0 Å². The second kappa shape index (κ2) is 9.06. The summed E-state index contributed by atoms with van der Waals surface area (Å²) in [5.41, 5.74) is 3.61. The highest BCUT2D eigenvalue weighted by molar-refractivity contribution is 6.09. The van der Waals surface area contributed by atoms with E-state index in [4.69, 9.17) is 4.74 Å². The standard InChI is InChI=1S/C24H24N2O3/c1-17-8-6-9-18(14-17)16-29-20-11-7-10-19(15-20)23(27)25-22-13-5-4-12-21(22)24(28)26(2)3/h4-15H,16H2,1-3H3,(H,25,27). The Balaban J connectivity index is 1.72. The van der Waals surface area contributed by atoms with Gasteiger partial charge in [0.15, 0.2) is 0 Å². The van der Waals surface area contributed by atoms with E-state index < -0.39 is 0 Å². The summed E-state index contributed by atoms with van der Waals surface area (Å²) in [5, 5.41) is 2.83. The average Bonchev–Trinajstić information content (AvgIpc) is 2.72. The average molecular weight is 388 g/mol. The molecule has 3 aromatic carbocycles. The molecule has 148 valence electrons. The number of benzene rings is 3. The van der Waals surface area contributed by atoms with Crippen LogP contribution in [0.3, 0.4) is 0 Å². The minimum absolute atomic E-state index is 0.170. The molecule has 0 heterocycles. The van der Waals surface area contributed by atoms with Crippen LogP contribution in [0.5, 0.6) is 5.75 Å². The second-order valence-electron chi connectivity index (χ2n) is 7.00. The maximum absolute atomic E-state index is 12.7. The van der Waals surface area contributed by atoms with Crippen molar-refractivity contribution >= 4 is 17.5 Å². The number of carbonyl (C=O) groups is 2. The molecule has 5 heteroatoms. The third-order valence-corrected chi connectivity index (χ3v) is 4.40. The maximum Gasteiger partial charge on any atom is 0.255 e. The molecule has 1 N–H and O–H groups in total. The van der Waals surface area contributed by atoms with Crippen LogP contribution in [-0.2, 0) is 6.61 Å². The van der Waals surface area contributed by atoms with Crippen molar-refractivity contribution in [3.8, 4) is 5.75 Å². The molecule has 5 nitrogen and oxygen atoms in total. The van der Waals surface area contributed by atoms with Gasteiger partial charge >= 0.3 is 0 Å². The Bertz CT molecular complexity index is 1030. The minimum atomic E-state index is -0.301. The SMILES string of the molecule is Cc1cccc(COc2cccc(C(=O)Nc3ccccc3C(=O)N(C)C)c2)c1. The Kier molecular flexibility index (Phi) is 6.29. The highest BCUT2D eigenvalue weighted by Crippen LogP contribution is 2.20. The van der Waals surface area contributed by atoms with Gasteiger partial charge in [-0.3, -0.25) is 9.59 Å². The minimum Gasteiger partial charge on any atom is -0.489 e. The topological polar surface area (TPSA) is 58.6 Å². The molecule has 0 saturated carbocycles. The van der Waals surface area contributed by atoms with Crippen molar-refractivity contribution in [1.82, 2.24) is 4.90 Å². The summed E-state index contributed by atoms with van der Waals surface area (Å²) >= 11 is 0. The normalized spacial score (nSPS) is 10.3. The zero-order chi connectivity index (χ0) is 20.8. The third-order valence-electron chi connectivity index (χ3n) is 4.40. The van der Waals surface area contributed by atoms with E-state index in [-0.39, 0.29) is 11.8 Å². The first-order valence-electron chi connectivity index (χ1n) is 9.34. The number of para-hydroxylation sites is 1. The van der Waals surface area contributed by atoms with Crippen LogP contribution in [0.1, 0.15) is 31.8 Å². The van der Waals surface area contributed by atoms with E-state index in [1.54, 1.807) is 56.6 Å². The highest BCUT2D eigenvalue weighted by Gasteiger charge is 2.15. The summed E-state index contributed by atoms with van der Waals surface area (Å²) in [7, 11) is 3.35. The number of ether oxygens (including phenoxy) is 1. The molecule has 2 amide bonds. The predicted octanol–water partition coefficient (Wildman–Crippen LogP) is 4.53. The number of carbonyl (C=O) groups excluding carboxylic acids is 2. The third kappa shape index (κ3) is 5.23. The molecule has 0 fully saturated rings. The monoisotopic (exact) mass is 388 g/mol. The number of anilines is 1. The highest BCUT2D eigenvalue weighted by atomic mass is 16.5. The number of aryl methyl sites for hydroxylation is 1.